The summed E-state index contributed by atoms with van der Waals surface area (Å²) in [6.45, 7) is 0. The van der Waals surface area contributed by atoms with Gasteiger partial charge in [-0.3, -0.25) is 9.69 Å². The van der Waals surface area contributed by atoms with E-state index in [1.807, 2.05) is 28.8 Å². The normalized spacial score (nSPS) is 32.9. The minimum atomic E-state index is -1.32. The van der Waals surface area contributed by atoms with Crippen molar-refractivity contribution in [2.75, 3.05) is 7.11 Å². The molecule has 2 aliphatic carbocycles. The van der Waals surface area contributed by atoms with Gasteiger partial charge in [-0.05, 0) is 68.9 Å². The van der Waals surface area contributed by atoms with E-state index in [1.165, 1.54) is 64.9 Å². The molecule has 3 heterocycles. The van der Waals surface area contributed by atoms with Gasteiger partial charge in [-0.15, -0.1) is 0 Å². The fraction of sp³-hybridized carbons (Fsp3) is 0.643. The highest BCUT2D eigenvalue weighted by Crippen LogP contribution is 2.47. The highest BCUT2D eigenvalue weighted by molar-refractivity contribution is 6.41. The predicted octanol–water partition coefficient (Wildman–Crippen LogP) is 4.36. The van der Waals surface area contributed by atoms with E-state index >= 15 is 0 Å². The van der Waals surface area contributed by atoms with Crippen LogP contribution in [0.3, 0.4) is 0 Å². The first-order chi connectivity index (χ1) is 17.5. The molecule has 4 fully saturated rings. The van der Waals surface area contributed by atoms with Gasteiger partial charge >= 0.3 is 5.97 Å². The van der Waals surface area contributed by atoms with Crippen molar-refractivity contribution in [1.82, 2.24) is 14.5 Å². The number of rotatable bonds is 5. The smallest absolute Gasteiger partial charge is 0.360 e. The number of aromatic nitrogens is 2. The van der Waals surface area contributed by atoms with Crippen LogP contribution in [-0.4, -0.2) is 56.5 Å². The Bertz CT molecular complexity index is 1210. The molecule has 8 heteroatoms. The Morgan fingerprint density at radius 3 is 2.25 bits per heavy atom. The second-order valence-corrected chi connectivity index (χ2v) is 11.4. The van der Waals surface area contributed by atoms with E-state index in [2.05, 4.69) is 15.0 Å². The first-order valence-corrected chi connectivity index (χ1v) is 13.7. The monoisotopic (exact) mass is 492 g/mol. The number of aliphatic carboxylic acids is 1. The number of para-hydroxylation sites is 2. The summed E-state index contributed by atoms with van der Waals surface area (Å²) in [6, 6.07) is 9.17. The van der Waals surface area contributed by atoms with E-state index in [9.17, 15) is 14.7 Å². The van der Waals surface area contributed by atoms with Gasteiger partial charge in [0.25, 0.3) is 5.56 Å². The second-order valence-electron chi connectivity index (χ2n) is 11.4. The van der Waals surface area contributed by atoms with Crippen LogP contribution in [0.4, 0.5) is 0 Å². The van der Waals surface area contributed by atoms with Gasteiger partial charge in [0.05, 0.1) is 11.0 Å². The molecule has 1 aromatic heterocycles. The number of carboxylic acids is 1. The van der Waals surface area contributed by atoms with Crippen molar-refractivity contribution < 1.29 is 14.7 Å². The van der Waals surface area contributed by atoms with Crippen LogP contribution >= 0.6 is 0 Å². The van der Waals surface area contributed by atoms with Crippen molar-refractivity contribution in [3.63, 3.8) is 0 Å². The molecule has 4 bridgehead atoms. The maximum atomic E-state index is 13.8. The molecule has 192 valence electrons. The van der Waals surface area contributed by atoms with Crippen LogP contribution in [-0.2, 0) is 9.63 Å². The molecule has 2 saturated carbocycles. The van der Waals surface area contributed by atoms with E-state index in [-0.39, 0.29) is 11.7 Å². The molecule has 2 aliphatic heterocycles. The predicted molar refractivity (Wildman–Crippen MR) is 137 cm³/mol. The first-order valence-electron chi connectivity index (χ1n) is 13.7. The fourth-order valence-corrected chi connectivity index (χ4v) is 8.05. The molecule has 4 unspecified atom stereocenters. The SMILES string of the molecule is CON=C(C(=O)O)c1nc2ccccc2n(C2CC3CCC(C2)N3C2CC3CCCCC(C3)C2)c1=O. The standard InChI is InChI=1S/C28H36N4O4/c1-36-30-26(28(34)35)25-27(33)32(24-9-5-4-8-23(24)29-25)22-15-19-10-11-20(16-22)31(19)21-13-17-6-2-3-7-18(12-17)14-21/h4-5,8-9,17-22H,2-3,6-7,10-16H2,1H3,(H,34,35). The highest BCUT2D eigenvalue weighted by Gasteiger charge is 2.47. The molecule has 4 atom stereocenters. The Morgan fingerprint density at radius 1 is 0.944 bits per heavy atom. The highest BCUT2D eigenvalue weighted by atomic mass is 16.6. The Balaban J connectivity index is 1.34. The lowest BCUT2D eigenvalue weighted by molar-refractivity contribution is -0.129. The van der Waals surface area contributed by atoms with Gasteiger partial charge in [0.2, 0.25) is 5.71 Å². The first kappa shape index (κ1) is 23.6. The lowest BCUT2D eigenvalue weighted by Gasteiger charge is -2.48. The van der Waals surface area contributed by atoms with Crippen LogP contribution in [0.2, 0.25) is 0 Å². The average Bonchev–Trinajstić information content (AvgIpc) is 3.02. The number of piperidine rings is 1. The van der Waals surface area contributed by atoms with E-state index < -0.39 is 17.2 Å². The molecule has 36 heavy (non-hydrogen) atoms. The van der Waals surface area contributed by atoms with Crippen LogP contribution in [0.15, 0.2) is 34.2 Å². The van der Waals surface area contributed by atoms with Gasteiger partial charge in [-0.1, -0.05) is 43.0 Å². The summed E-state index contributed by atoms with van der Waals surface area (Å²) in [6.07, 6.45) is 13.9. The van der Waals surface area contributed by atoms with E-state index in [0.29, 0.717) is 23.6 Å². The van der Waals surface area contributed by atoms with Crippen molar-refractivity contribution in [2.24, 2.45) is 17.0 Å². The van der Waals surface area contributed by atoms with Crippen molar-refractivity contribution in [3.05, 3.63) is 40.3 Å². The number of hydrogen-bond donors (Lipinski definition) is 1. The third-order valence-corrected chi connectivity index (χ3v) is 9.31. The molecular formula is C28H36N4O4. The van der Waals surface area contributed by atoms with Crippen molar-refractivity contribution in [1.29, 1.82) is 0 Å². The largest absolute Gasteiger partial charge is 0.476 e. The van der Waals surface area contributed by atoms with Gasteiger partial charge in [-0.25, -0.2) is 9.78 Å². The number of carboxylic acid groups (broad SMARTS) is 1. The van der Waals surface area contributed by atoms with E-state index in [0.717, 1.165) is 30.2 Å². The summed E-state index contributed by atoms with van der Waals surface area (Å²) in [7, 11) is 1.28. The third kappa shape index (κ3) is 4.13. The van der Waals surface area contributed by atoms with Crippen molar-refractivity contribution in [3.8, 4) is 0 Å². The fourth-order valence-electron chi connectivity index (χ4n) is 8.05. The molecule has 0 spiro atoms. The molecule has 8 nitrogen and oxygen atoms in total. The number of benzene rings is 1. The van der Waals surface area contributed by atoms with E-state index in [4.69, 9.17) is 4.84 Å². The molecule has 0 amide bonds. The van der Waals surface area contributed by atoms with Gasteiger partial charge in [0, 0.05) is 24.2 Å². The molecule has 2 aromatic rings. The molecule has 2 saturated heterocycles. The zero-order chi connectivity index (χ0) is 24.8. The van der Waals surface area contributed by atoms with Gasteiger partial charge in [-0.2, -0.15) is 0 Å². The topological polar surface area (TPSA) is 97.0 Å². The van der Waals surface area contributed by atoms with Crippen molar-refractivity contribution in [2.45, 2.75) is 94.8 Å². The van der Waals surface area contributed by atoms with Crippen LogP contribution in [0.25, 0.3) is 11.0 Å². The van der Waals surface area contributed by atoms with Crippen LogP contribution in [0, 0.1) is 11.8 Å². The summed E-state index contributed by atoms with van der Waals surface area (Å²) in [4.78, 5) is 37.7. The molecule has 0 radical (unpaired) electrons. The molecule has 1 N–H and O–H groups in total. The maximum Gasteiger partial charge on any atom is 0.360 e. The Kier molecular flexibility index (Phi) is 6.32. The van der Waals surface area contributed by atoms with Crippen LogP contribution in [0.1, 0.15) is 82.4 Å². The number of carbonyl (C=O) groups is 1. The lowest BCUT2D eigenvalue weighted by atomic mass is 9.76. The molecule has 1 aromatic carbocycles. The van der Waals surface area contributed by atoms with Crippen LogP contribution < -0.4 is 5.56 Å². The summed E-state index contributed by atoms with van der Waals surface area (Å²) in [5.74, 6) is 0.450. The molecular weight excluding hydrogens is 456 g/mol. The van der Waals surface area contributed by atoms with Gasteiger partial charge in [0.15, 0.2) is 5.69 Å². The number of hydrogen-bond acceptors (Lipinski definition) is 6. The Labute approximate surface area is 211 Å². The minimum absolute atomic E-state index is 0.0151. The third-order valence-electron chi connectivity index (χ3n) is 9.31. The summed E-state index contributed by atoms with van der Waals surface area (Å²) >= 11 is 0. The van der Waals surface area contributed by atoms with Crippen molar-refractivity contribution >= 4 is 22.7 Å². The van der Waals surface area contributed by atoms with Crippen LogP contribution in [0.5, 0.6) is 0 Å². The average molecular weight is 493 g/mol. The second kappa shape index (κ2) is 9.61. The van der Waals surface area contributed by atoms with E-state index in [1.54, 1.807) is 0 Å². The lowest BCUT2D eigenvalue weighted by Crippen LogP contribution is -2.52. The number of oxime groups is 1. The zero-order valence-corrected chi connectivity index (χ0v) is 21.0. The molecule has 4 aliphatic rings. The van der Waals surface area contributed by atoms with Gasteiger partial charge < -0.3 is 14.5 Å². The summed E-state index contributed by atoms with van der Waals surface area (Å²) < 4.78 is 1.81. The maximum absolute atomic E-state index is 13.8. The summed E-state index contributed by atoms with van der Waals surface area (Å²) in [5.41, 5.74) is 0.355. The number of nitrogens with zero attached hydrogens (tertiary/aromatic N) is 4. The minimum Gasteiger partial charge on any atom is -0.476 e. The quantitative estimate of drug-likeness (QED) is 0.492. The zero-order valence-electron chi connectivity index (χ0n) is 21.0. The number of fused-ring (bicyclic) bond motifs is 5. The summed E-state index contributed by atoms with van der Waals surface area (Å²) in [5, 5.41) is 13.3. The Hall–Kier alpha value is -2.74. The molecule has 6 rings (SSSR count). The van der Waals surface area contributed by atoms with Gasteiger partial charge in [0.1, 0.15) is 7.11 Å². The Morgan fingerprint density at radius 2 is 1.61 bits per heavy atom.